The third kappa shape index (κ3) is 6.95. The Kier molecular flexibility index (Phi) is 9.55. The second-order valence-electron chi connectivity index (χ2n) is 14.7. The highest BCUT2D eigenvalue weighted by molar-refractivity contribution is 6.10. The van der Waals surface area contributed by atoms with Gasteiger partial charge in [0.25, 0.3) is 0 Å². The number of nitrogens with zero attached hydrogens (tertiary/aromatic N) is 1. The van der Waals surface area contributed by atoms with E-state index in [2.05, 4.69) is 121 Å². The first-order valence-corrected chi connectivity index (χ1v) is 18.7. The van der Waals surface area contributed by atoms with Crippen LogP contribution in [0.3, 0.4) is 0 Å². The lowest BCUT2D eigenvalue weighted by molar-refractivity contribution is 0.289. The molecule has 6 nitrogen and oxygen atoms in total. The monoisotopic (exact) mass is 698 g/mol. The van der Waals surface area contributed by atoms with E-state index in [9.17, 15) is 0 Å². The van der Waals surface area contributed by atoms with Crippen molar-refractivity contribution in [1.29, 1.82) is 5.41 Å². The average molecular weight is 699 g/mol. The van der Waals surface area contributed by atoms with Gasteiger partial charge in [-0.05, 0) is 76.9 Å². The molecule has 4 N–H and O–H groups in total. The second kappa shape index (κ2) is 14.7. The van der Waals surface area contributed by atoms with Crippen LogP contribution in [0.25, 0.3) is 11.1 Å². The van der Waals surface area contributed by atoms with E-state index < -0.39 is 0 Å². The number of rotatable bonds is 7. The maximum atomic E-state index is 7.37. The van der Waals surface area contributed by atoms with Gasteiger partial charge in [-0.15, -0.1) is 0 Å². The van der Waals surface area contributed by atoms with Crippen LogP contribution >= 0.6 is 0 Å². The Balaban J connectivity index is 0.000000224. The molecule has 0 fully saturated rings. The summed E-state index contributed by atoms with van der Waals surface area (Å²) in [5.74, 6) is 4.03. The fourth-order valence-electron chi connectivity index (χ4n) is 8.03. The molecule has 2 aliphatic heterocycles. The number of ether oxygens (including phenoxy) is 2. The summed E-state index contributed by atoms with van der Waals surface area (Å²) in [6.45, 7) is 7.28. The van der Waals surface area contributed by atoms with Crippen molar-refractivity contribution in [3.05, 3.63) is 178 Å². The molecule has 4 aromatic carbocycles. The molecule has 0 spiro atoms. The number of nitrogens with one attached hydrogen (secondary N) is 2. The molecule has 53 heavy (non-hydrogen) atoms. The predicted octanol–water partition coefficient (Wildman–Crippen LogP) is 9.71. The van der Waals surface area contributed by atoms with Crippen LogP contribution in [0.5, 0.6) is 11.5 Å². The van der Waals surface area contributed by atoms with Gasteiger partial charge in [-0.2, -0.15) is 0 Å². The number of allylic oxidation sites excluding steroid dienone is 7. The highest BCUT2D eigenvalue weighted by atomic mass is 16.6. The number of nitrogen functional groups attached to an aromatic ring is 1. The summed E-state index contributed by atoms with van der Waals surface area (Å²) in [4.78, 5) is 4.42. The molecular formula is C47H46N4O2. The van der Waals surface area contributed by atoms with Gasteiger partial charge in [0.15, 0.2) is 17.3 Å². The van der Waals surface area contributed by atoms with E-state index in [1.807, 2.05) is 30.3 Å². The van der Waals surface area contributed by atoms with E-state index in [0.29, 0.717) is 5.92 Å². The lowest BCUT2D eigenvalue weighted by Crippen LogP contribution is -2.26. The number of dihydropyridines is 1. The van der Waals surface area contributed by atoms with Crippen LogP contribution in [0.1, 0.15) is 67.3 Å². The summed E-state index contributed by atoms with van der Waals surface area (Å²) in [5.41, 5.74) is 17.3. The Bertz CT molecular complexity index is 2250. The Labute approximate surface area is 312 Å². The normalized spacial score (nSPS) is 18.8. The van der Waals surface area contributed by atoms with Crippen LogP contribution in [-0.4, -0.2) is 24.6 Å². The van der Waals surface area contributed by atoms with Crippen LogP contribution in [0.2, 0.25) is 0 Å². The number of fused-ring (bicyclic) bond motifs is 5. The second-order valence-corrected chi connectivity index (χ2v) is 14.7. The molecule has 266 valence electrons. The molecule has 1 atom stereocenters. The summed E-state index contributed by atoms with van der Waals surface area (Å²) in [6, 6.07) is 31.3. The first-order chi connectivity index (χ1) is 25.9. The van der Waals surface area contributed by atoms with Gasteiger partial charge in [0, 0.05) is 54.1 Å². The third-order valence-corrected chi connectivity index (χ3v) is 10.8. The van der Waals surface area contributed by atoms with Crippen LogP contribution in [0.4, 0.5) is 0 Å². The van der Waals surface area contributed by atoms with Gasteiger partial charge in [-0.1, -0.05) is 117 Å². The van der Waals surface area contributed by atoms with Gasteiger partial charge in [-0.25, -0.2) is 0 Å². The van der Waals surface area contributed by atoms with Crippen LogP contribution < -0.4 is 20.5 Å². The third-order valence-electron chi connectivity index (χ3n) is 10.8. The van der Waals surface area contributed by atoms with E-state index in [-0.39, 0.29) is 11.3 Å². The van der Waals surface area contributed by atoms with Crippen molar-refractivity contribution in [3.63, 3.8) is 0 Å². The maximum Gasteiger partial charge on any atom is 0.178 e. The minimum atomic E-state index is -0.0637. The Morgan fingerprint density at radius 2 is 1.77 bits per heavy atom. The quantitative estimate of drug-likeness (QED) is 0.132. The topological polar surface area (TPSA) is 92.7 Å². The Hall–Kier alpha value is -5.72. The number of benzene rings is 4. The zero-order valence-corrected chi connectivity index (χ0v) is 30.5. The summed E-state index contributed by atoms with van der Waals surface area (Å²) in [6.07, 6.45) is 17.0. The van der Waals surface area contributed by atoms with Crippen molar-refractivity contribution in [1.82, 2.24) is 5.32 Å². The van der Waals surface area contributed by atoms with Crippen LogP contribution in [0, 0.1) is 11.3 Å². The van der Waals surface area contributed by atoms with Crippen molar-refractivity contribution in [3.8, 4) is 22.6 Å². The smallest absolute Gasteiger partial charge is 0.178 e. The largest absolute Gasteiger partial charge is 0.454 e. The molecule has 3 aliphatic carbocycles. The van der Waals surface area contributed by atoms with Gasteiger partial charge >= 0.3 is 0 Å². The SMILES string of the molecule is CC1(C)c2ccccc2-c2c1ccc1c2OC2=C(CCC(C3=CC=CCC3CNCc3ccccc3)=C2)O1.N=C(N)c1cccc(C2=NCCC=C2)c1. The molecule has 1 unspecified atom stereocenters. The molecule has 0 bridgehead atoms. The Morgan fingerprint density at radius 3 is 2.60 bits per heavy atom. The zero-order valence-electron chi connectivity index (χ0n) is 30.5. The van der Waals surface area contributed by atoms with E-state index in [1.54, 1.807) is 0 Å². The summed E-state index contributed by atoms with van der Waals surface area (Å²) in [7, 11) is 0. The molecule has 0 saturated carbocycles. The van der Waals surface area contributed by atoms with Crippen LogP contribution in [-0.2, 0) is 12.0 Å². The fourth-order valence-corrected chi connectivity index (χ4v) is 8.03. The van der Waals surface area contributed by atoms with Crippen molar-refractivity contribution >= 4 is 11.5 Å². The molecule has 0 aromatic heterocycles. The van der Waals surface area contributed by atoms with Crippen molar-refractivity contribution < 1.29 is 9.47 Å². The first kappa shape index (κ1) is 34.4. The van der Waals surface area contributed by atoms with E-state index >= 15 is 0 Å². The van der Waals surface area contributed by atoms with Crippen molar-refractivity contribution in [2.24, 2.45) is 16.6 Å². The van der Waals surface area contributed by atoms with E-state index in [1.165, 1.54) is 39.0 Å². The van der Waals surface area contributed by atoms with E-state index in [4.69, 9.17) is 20.6 Å². The van der Waals surface area contributed by atoms with Crippen LogP contribution in [0.15, 0.2) is 155 Å². The average Bonchev–Trinajstić information content (AvgIpc) is 3.44. The van der Waals surface area contributed by atoms with Gasteiger partial charge in [0.1, 0.15) is 11.6 Å². The van der Waals surface area contributed by atoms with Gasteiger partial charge in [0.2, 0.25) is 0 Å². The molecule has 4 aromatic rings. The highest BCUT2D eigenvalue weighted by Gasteiger charge is 2.40. The number of aliphatic imine (C=N–C) groups is 1. The number of hydrogen-bond donors (Lipinski definition) is 3. The summed E-state index contributed by atoms with van der Waals surface area (Å²) in [5, 5.41) is 11.1. The van der Waals surface area contributed by atoms with Crippen molar-refractivity contribution in [2.75, 3.05) is 13.1 Å². The van der Waals surface area contributed by atoms with E-state index in [0.717, 1.165) is 85.2 Å². The molecule has 2 heterocycles. The maximum absolute atomic E-state index is 7.37. The molecule has 0 radical (unpaired) electrons. The zero-order chi connectivity index (χ0) is 36.4. The Morgan fingerprint density at radius 1 is 0.925 bits per heavy atom. The summed E-state index contributed by atoms with van der Waals surface area (Å²) < 4.78 is 13.2. The van der Waals surface area contributed by atoms with Gasteiger partial charge < -0.3 is 20.5 Å². The highest BCUT2D eigenvalue weighted by Crippen LogP contribution is 2.56. The number of amidine groups is 1. The molecule has 0 saturated heterocycles. The number of hydrogen-bond acceptors (Lipinski definition) is 5. The lowest BCUT2D eigenvalue weighted by atomic mass is 9.82. The predicted molar refractivity (Wildman–Crippen MR) is 216 cm³/mol. The minimum Gasteiger partial charge on any atom is -0.454 e. The first-order valence-electron chi connectivity index (χ1n) is 18.7. The fraction of sp³-hybridized carbons (Fsp3) is 0.234. The van der Waals surface area contributed by atoms with Gasteiger partial charge in [0.05, 0.1) is 5.71 Å². The van der Waals surface area contributed by atoms with Gasteiger partial charge in [-0.3, -0.25) is 10.4 Å². The molecule has 6 heteroatoms. The molecule has 9 rings (SSSR count). The minimum absolute atomic E-state index is 0.0637. The number of nitrogens with two attached hydrogens (primary N) is 1. The molecule has 0 amide bonds. The van der Waals surface area contributed by atoms with Crippen molar-refractivity contribution in [2.45, 2.75) is 51.5 Å². The summed E-state index contributed by atoms with van der Waals surface area (Å²) >= 11 is 0. The molecular weight excluding hydrogens is 653 g/mol. The lowest BCUT2D eigenvalue weighted by Gasteiger charge is -2.31. The standard InChI is InChI=1S/C35H33NO2.C12H13N3/c1-35(2)28-15-9-8-14-27(28)33-29(35)17-19-31-34(33)38-32-20-24(16-18-30(32)37-31)26-13-7-6-12-25(26)22-36-21-23-10-4-3-5-11-23;13-12(14)10-5-3-4-9(8-10)11-6-1-2-7-15-11/h3-11,13-15,17,19-20,25,36H,12,16,18,21-22H2,1-2H3;1,3-6,8H,2,7H2,(H3,13,14). The molecule has 5 aliphatic rings.